The Morgan fingerprint density at radius 1 is 1.30 bits per heavy atom. The van der Waals surface area contributed by atoms with E-state index in [9.17, 15) is 4.79 Å². The van der Waals surface area contributed by atoms with Crippen molar-refractivity contribution < 1.29 is 4.79 Å². The lowest BCUT2D eigenvalue weighted by molar-refractivity contribution is 0.0927. The van der Waals surface area contributed by atoms with Crippen molar-refractivity contribution in [2.24, 2.45) is 0 Å². The molecule has 23 heavy (non-hydrogen) atoms. The molecular formula is C18H26N4O. The monoisotopic (exact) mass is 314 g/mol. The van der Waals surface area contributed by atoms with Crippen LogP contribution in [0.25, 0.3) is 0 Å². The van der Waals surface area contributed by atoms with Crippen molar-refractivity contribution in [3.05, 3.63) is 52.8 Å². The summed E-state index contributed by atoms with van der Waals surface area (Å²) in [4.78, 5) is 14.7. The molecule has 2 aromatic rings. The summed E-state index contributed by atoms with van der Waals surface area (Å²) in [5, 5.41) is 10.3. The Hall–Kier alpha value is -2.14. The van der Waals surface area contributed by atoms with Crippen molar-refractivity contribution in [3.8, 4) is 0 Å². The van der Waals surface area contributed by atoms with Crippen LogP contribution in [0.2, 0.25) is 0 Å². The molecule has 1 amide bonds. The second-order valence-electron chi connectivity index (χ2n) is 6.06. The Labute approximate surface area is 138 Å². The second kappa shape index (κ2) is 7.92. The smallest absolute Gasteiger partial charge is 0.272 e. The first-order valence-corrected chi connectivity index (χ1v) is 8.07. The summed E-state index contributed by atoms with van der Waals surface area (Å²) in [6, 6.07) is 10.1. The fourth-order valence-corrected chi connectivity index (χ4v) is 2.62. The summed E-state index contributed by atoms with van der Waals surface area (Å²) < 4.78 is 0. The number of amides is 1. The Morgan fingerprint density at radius 2 is 2.00 bits per heavy atom. The standard InChI is InChI=1S/C18H26N4O/c1-5-15-13(2)17(21-20-15)18(23)19-16(11-12-22(3)4)14-9-7-6-8-10-14/h6-10,16H,5,11-12H2,1-4H3,(H,19,23)(H,20,21)/t16-/m1/s1. The predicted molar refractivity (Wildman–Crippen MR) is 92.5 cm³/mol. The summed E-state index contributed by atoms with van der Waals surface area (Å²) in [5.74, 6) is -0.119. The molecule has 0 saturated carbocycles. The largest absolute Gasteiger partial charge is 0.344 e. The number of benzene rings is 1. The SMILES string of the molecule is CCc1[nH]nc(C(=O)N[C@H](CCN(C)C)c2ccccc2)c1C. The Bertz CT molecular complexity index is 634. The normalized spacial score (nSPS) is 12.4. The maximum Gasteiger partial charge on any atom is 0.272 e. The lowest BCUT2D eigenvalue weighted by Crippen LogP contribution is -2.31. The number of carbonyl (C=O) groups excluding carboxylic acids is 1. The quantitative estimate of drug-likeness (QED) is 0.826. The van der Waals surface area contributed by atoms with Gasteiger partial charge in [-0.25, -0.2) is 0 Å². The van der Waals surface area contributed by atoms with E-state index in [2.05, 4.69) is 32.5 Å². The van der Waals surface area contributed by atoms with Gasteiger partial charge in [0.2, 0.25) is 0 Å². The second-order valence-corrected chi connectivity index (χ2v) is 6.06. The first-order valence-electron chi connectivity index (χ1n) is 8.07. The summed E-state index contributed by atoms with van der Waals surface area (Å²) in [7, 11) is 4.07. The van der Waals surface area contributed by atoms with E-state index in [1.807, 2.05) is 46.1 Å². The van der Waals surface area contributed by atoms with E-state index in [1.165, 1.54) is 0 Å². The van der Waals surface area contributed by atoms with Crippen molar-refractivity contribution >= 4 is 5.91 Å². The maximum absolute atomic E-state index is 12.6. The van der Waals surface area contributed by atoms with Gasteiger partial charge in [-0.1, -0.05) is 37.3 Å². The zero-order valence-corrected chi connectivity index (χ0v) is 14.4. The van der Waals surface area contributed by atoms with Crippen LogP contribution < -0.4 is 5.32 Å². The number of hydrogen-bond donors (Lipinski definition) is 2. The van der Waals surface area contributed by atoms with Crippen LogP contribution in [-0.4, -0.2) is 41.6 Å². The molecule has 1 aromatic heterocycles. The molecule has 1 atom stereocenters. The lowest BCUT2D eigenvalue weighted by Gasteiger charge is -2.21. The highest BCUT2D eigenvalue weighted by molar-refractivity contribution is 5.94. The topological polar surface area (TPSA) is 61.0 Å². The Balaban J connectivity index is 2.16. The van der Waals surface area contributed by atoms with Crippen molar-refractivity contribution in [3.63, 3.8) is 0 Å². The highest BCUT2D eigenvalue weighted by Gasteiger charge is 2.20. The van der Waals surface area contributed by atoms with Gasteiger partial charge in [-0.05, 0) is 46.0 Å². The number of aryl methyl sites for hydroxylation is 1. The fourth-order valence-electron chi connectivity index (χ4n) is 2.62. The summed E-state index contributed by atoms with van der Waals surface area (Å²) in [6.07, 6.45) is 1.70. The molecular weight excluding hydrogens is 288 g/mol. The van der Waals surface area contributed by atoms with Crippen LogP contribution >= 0.6 is 0 Å². The molecule has 0 unspecified atom stereocenters. The molecule has 0 saturated heterocycles. The molecule has 2 rings (SSSR count). The van der Waals surface area contributed by atoms with Gasteiger partial charge in [0.1, 0.15) is 0 Å². The van der Waals surface area contributed by atoms with Crippen LogP contribution in [0.5, 0.6) is 0 Å². The highest BCUT2D eigenvalue weighted by Crippen LogP contribution is 2.18. The molecule has 0 fully saturated rings. The lowest BCUT2D eigenvalue weighted by atomic mass is 10.0. The highest BCUT2D eigenvalue weighted by atomic mass is 16.2. The first kappa shape index (κ1) is 17.2. The minimum atomic E-state index is -0.119. The van der Waals surface area contributed by atoms with Gasteiger partial charge in [0.25, 0.3) is 5.91 Å². The molecule has 1 aromatic carbocycles. The van der Waals surface area contributed by atoms with Gasteiger partial charge in [0, 0.05) is 11.3 Å². The molecule has 124 valence electrons. The zero-order valence-electron chi connectivity index (χ0n) is 14.4. The zero-order chi connectivity index (χ0) is 16.8. The number of nitrogens with one attached hydrogen (secondary N) is 2. The van der Waals surface area contributed by atoms with Crippen molar-refractivity contribution in [1.29, 1.82) is 0 Å². The maximum atomic E-state index is 12.6. The molecule has 5 heteroatoms. The fraction of sp³-hybridized carbons (Fsp3) is 0.444. The molecule has 1 heterocycles. The molecule has 0 bridgehead atoms. The molecule has 0 radical (unpaired) electrons. The van der Waals surface area contributed by atoms with E-state index < -0.39 is 0 Å². The minimum absolute atomic E-state index is 0.0210. The van der Waals surface area contributed by atoms with Crippen LogP contribution in [0.3, 0.4) is 0 Å². The van der Waals surface area contributed by atoms with Crippen molar-refractivity contribution in [1.82, 2.24) is 20.4 Å². The number of H-pyrrole nitrogens is 1. The van der Waals surface area contributed by atoms with Gasteiger partial charge < -0.3 is 10.2 Å². The first-order chi connectivity index (χ1) is 11.0. The number of rotatable bonds is 7. The summed E-state index contributed by atoms with van der Waals surface area (Å²) in [6.45, 7) is 4.89. The third-order valence-corrected chi connectivity index (χ3v) is 4.05. The van der Waals surface area contributed by atoms with E-state index in [4.69, 9.17) is 0 Å². The van der Waals surface area contributed by atoms with Gasteiger partial charge >= 0.3 is 0 Å². The molecule has 0 spiro atoms. The molecule has 0 aliphatic rings. The van der Waals surface area contributed by atoms with Crippen LogP contribution in [0.15, 0.2) is 30.3 Å². The number of hydrogen-bond acceptors (Lipinski definition) is 3. The number of aromatic nitrogens is 2. The van der Waals surface area contributed by atoms with E-state index in [0.717, 1.165) is 36.2 Å². The average molecular weight is 314 g/mol. The number of carbonyl (C=O) groups is 1. The van der Waals surface area contributed by atoms with Gasteiger partial charge in [-0.3, -0.25) is 9.89 Å². The Kier molecular flexibility index (Phi) is 5.93. The van der Waals surface area contributed by atoms with Crippen LogP contribution in [0, 0.1) is 6.92 Å². The summed E-state index contributed by atoms with van der Waals surface area (Å²) >= 11 is 0. The van der Waals surface area contributed by atoms with E-state index >= 15 is 0 Å². The molecule has 2 N–H and O–H groups in total. The van der Waals surface area contributed by atoms with E-state index in [0.29, 0.717) is 5.69 Å². The third-order valence-electron chi connectivity index (χ3n) is 4.05. The number of aromatic amines is 1. The number of nitrogens with zero attached hydrogens (tertiary/aromatic N) is 2. The van der Waals surface area contributed by atoms with Crippen LogP contribution in [0.4, 0.5) is 0 Å². The Morgan fingerprint density at radius 3 is 2.57 bits per heavy atom. The molecule has 0 aliphatic carbocycles. The van der Waals surface area contributed by atoms with E-state index in [-0.39, 0.29) is 11.9 Å². The average Bonchev–Trinajstić information content (AvgIpc) is 2.92. The van der Waals surface area contributed by atoms with Crippen molar-refractivity contribution in [2.45, 2.75) is 32.7 Å². The predicted octanol–water partition coefficient (Wildman–Crippen LogP) is 2.70. The van der Waals surface area contributed by atoms with Gasteiger partial charge in [-0.2, -0.15) is 5.10 Å². The molecule has 0 aliphatic heterocycles. The molecule has 5 nitrogen and oxygen atoms in total. The van der Waals surface area contributed by atoms with Crippen LogP contribution in [-0.2, 0) is 6.42 Å². The van der Waals surface area contributed by atoms with E-state index in [1.54, 1.807) is 0 Å². The van der Waals surface area contributed by atoms with Crippen LogP contribution in [0.1, 0.15) is 46.7 Å². The van der Waals surface area contributed by atoms with Crippen molar-refractivity contribution in [2.75, 3.05) is 20.6 Å². The minimum Gasteiger partial charge on any atom is -0.344 e. The van der Waals surface area contributed by atoms with Gasteiger partial charge in [-0.15, -0.1) is 0 Å². The third kappa shape index (κ3) is 4.42. The summed E-state index contributed by atoms with van der Waals surface area (Å²) in [5.41, 5.74) is 3.56. The van der Waals surface area contributed by atoms with Gasteiger partial charge in [0.05, 0.1) is 6.04 Å². The van der Waals surface area contributed by atoms with Gasteiger partial charge in [0.15, 0.2) is 5.69 Å².